The molecule has 21 heavy (non-hydrogen) atoms. The normalized spacial score (nSPS) is 20.2. The Morgan fingerprint density at radius 1 is 0.714 bits per heavy atom. The summed E-state index contributed by atoms with van der Waals surface area (Å²) in [7, 11) is -1.46. The molecule has 0 amide bonds. The van der Waals surface area contributed by atoms with E-state index in [2.05, 4.69) is 78.9 Å². The highest BCUT2D eigenvalue weighted by Gasteiger charge is 2.35. The Morgan fingerprint density at radius 2 is 1.05 bits per heavy atom. The van der Waals surface area contributed by atoms with Gasteiger partial charge in [0.05, 0.1) is 0 Å². The highest BCUT2D eigenvalue weighted by molar-refractivity contribution is 6.90. The second kappa shape index (κ2) is 5.12. The van der Waals surface area contributed by atoms with Gasteiger partial charge < -0.3 is 0 Å². The van der Waals surface area contributed by atoms with Gasteiger partial charge in [-0.3, -0.25) is 0 Å². The zero-order chi connectivity index (χ0) is 16.1. The van der Waals surface area contributed by atoms with Gasteiger partial charge in [-0.2, -0.15) is 0 Å². The number of hydrogen-bond donors (Lipinski definition) is 0. The number of rotatable bonds is 2. The first-order chi connectivity index (χ1) is 9.42. The van der Waals surface area contributed by atoms with E-state index in [0.717, 1.165) is 0 Å². The fourth-order valence-electron chi connectivity index (χ4n) is 3.17. The lowest BCUT2D eigenvalue weighted by molar-refractivity contribution is 0.517. The van der Waals surface area contributed by atoms with E-state index >= 15 is 0 Å². The predicted molar refractivity (Wildman–Crippen MR) is 98.0 cm³/mol. The fraction of sp³-hybridized carbons (Fsp3) is 0.600. The summed E-state index contributed by atoms with van der Waals surface area (Å²) < 4.78 is 0. The smallest absolute Gasteiger partial charge is 0.0771 e. The van der Waals surface area contributed by atoms with Gasteiger partial charge in [-0.15, -0.1) is 0 Å². The van der Waals surface area contributed by atoms with Gasteiger partial charge in [-0.1, -0.05) is 89.3 Å². The number of allylic oxidation sites excluding steroid dienone is 8. The van der Waals surface area contributed by atoms with Gasteiger partial charge in [-0.25, -0.2) is 0 Å². The summed E-state index contributed by atoms with van der Waals surface area (Å²) in [5.41, 5.74) is 3.62. The van der Waals surface area contributed by atoms with Gasteiger partial charge in [-0.05, 0) is 34.8 Å². The van der Waals surface area contributed by atoms with Crippen LogP contribution in [0.25, 0.3) is 0 Å². The molecule has 116 valence electrons. The standard InChI is InChI=1S/C20H32Si/c1-19(2,3)15-9-11-17(13-15)21(7,8)18-12-10-16(14-18)20(4,5)6/h9-10,13-14H,11-12H2,1-8H3. The van der Waals surface area contributed by atoms with Crippen LogP contribution in [0.5, 0.6) is 0 Å². The maximum absolute atomic E-state index is 2.53. The lowest BCUT2D eigenvalue weighted by Crippen LogP contribution is -2.31. The average Bonchev–Trinajstić information content (AvgIpc) is 2.97. The topological polar surface area (TPSA) is 0 Å². The molecule has 0 radical (unpaired) electrons. The molecule has 0 fully saturated rings. The van der Waals surface area contributed by atoms with Crippen molar-refractivity contribution in [3.8, 4) is 0 Å². The lowest BCUT2D eigenvalue weighted by Gasteiger charge is -2.27. The Kier molecular flexibility index (Phi) is 4.03. The van der Waals surface area contributed by atoms with E-state index in [1.807, 2.05) is 0 Å². The molecule has 0 aromatic carbocycles. The van der Waals surface area contributed by atoms with Crippen LogP contribution in [0.1, 0.15) is 54.4 Å². The Morgan fingerprint density at radius 3 is 1.29 bits per heavy atom. The van der Waals surface area contributed by atoms with Crippen molar-refractivity contribution in [2.45, 2.75) is 67.5 Å². The molecule has 0 spiro atoms. The van der Waals surface area contributed by atoms with Crippen LogP contribution in [0.4, 0.5) is 0 Å². The first kappa shape index (κ1) is 16.5. The molecule has 0 atom stereocenters. The molecule has 0 nitrogen and oxygen atoms in total. The summed E-state index contributed by atoms with van der Waals surface area (Å²) in [5, 5.41) is 3.42. The van der Waals surface area contributed by atoms with Crippen molar-refractivity contribution < 1.29 is 0 Å². The maximum Gasteiger partial charge on any atom is 0.103 e. The summed E-state index contributed by atoms with van der Waals surface area (Å²) in [6.45, 7) is 19.0. The molecule has 0 unspecified atom stereocenters. The third kappa shape index (κ3) is 3.34. The average molecular weight is 301 g/mol. The van der Waals surface area contributed by atoms with E-state index in [0.29, 0.717) is 0 Å². The van der Waals surface area contributed by atoms with Gasteiger partial charge in [0.2, 0.25) is 0 Å². The first-order valence-corrected chi connectivity index (χ1v) is 11.3. The van der Waals surface area contributed by atoms with Crippen molar-refractivity contribution in [2.75, 3.05) is 0 Å². The van der Waals surface area contributed by atoms with Crippen LogP contribution in [0.2, 0.25) is 13.1 Å². The largest absolute Gasteiger partial charge is 0.103 e. The van der Waals surface area contributed by atoms with Gasteiger partial charge in [0, 0.05) is 0 Å². The molecule has 0 saturated heterocycles. The minimum Gasteiger partial charge on any atom is -0.0771 e. The molecule has 0 aromatic heterocycles. The molecule has 2 aliphatic carbocycles. The van der Waals surface area contributed by atoms with Gasteiger partial charge in [0.25, 0.3) is 0 Å². The van der Waals surface area contributed by atoms with Crippen molar-refractivity contribution in [3.05, 3.63) is 45.8 Å². The lowest BCUT2D eigenvalue weighted by atomic mass is 9.87. The zero-order valence-corrected chi connectivity index (χ0v) is 16.2. The molecule has 0 heterocycles. The van der Waals surface area contributed by atoms with Crippen molar-refractivity contribution in [1.29, 1.82) is 0 Å². The van der Waals surface area contributed by atoms with E-state index < -0.39 is 8.07 Å². The minimum atomic E-state index is -1.46. The van der Waals surface area contributed by atoms with Crippen LogP contribution < -0.4 is 0 Å². The van der Waals surface area contributed by atoms with E-state index in [1.54, 1.807) is 10.4 Å². The molecule has 0 aromatic rings. The maximum atomic E-state index is 2.53. The van der Waals surface area contributed by atoms with Crippen molar-refractivity contribution >= 4 is 8.07 Å². The predicted octanol–water partition coefficient (Wildman–Crippen LogP) is 6.38. The molecular formula is C20H32Si. The SMILES string of the molecule is CC(C)(C)C1=CCC([Si](C)(C)C2=CC(C(C)(C)C)=CC2)=C1. The third-order valence-electron chi connectivity index (χ3n) is 5.08. The Hall–Kier alpha value is -0.823. The van der Waals surface area contributed by atoms with Crippen molar-refractivity contribution in [2.24, 2.45) is 10.8 Å². The Balaban J connectivity index is 2.23. The highest BCUT2D eigenvalue weighted by Crippen LogP contribution is 2.42. The van der Waals surface area contributed by atoms with Crippen LogP contribution >= 0.6 is 0 Å². The number of hydrogen-bond acceptors (Lipinski definition) is 0. The molecule has 0 aliphatic heterocycles. The highest BCUT2D eigenvalue weighted by atomic mass is 28.3. The molecule has 2 aliphatic rings. The van der Waals surface area contributed by atoms with E-state index in [1.165, 1.54) is 24.0 Å². The summed E-state index contributed by atoms with van der Waals surface area (Å²) >= 11 is 0. The Bertz CT molecular complexity index is 502. The molecule has 2 rings (SSSR count). The molecular weight excluding hydrogens is 268 g/mol. The summed E-state index contributed by atoms with van der Waals surface area (Å²) in [6, 6.07) is 0. The van der Waals surface area contributed by atoms with Gasteiger partial charge >= 0.3 is 0 Å². The van der Waals surface area contributed by atoms with Gasteiger partial charge in [0.15, 0.2) is 0 Å². The van der Waals surface area contributed by atoms with Crippen LogP contribution in [-0.4, -0.2) is 8.07 Å². The Labute approximate surface area is 132 Å². The van der Waals surface area contributed by atoms with Crippen LogP contribution in [-0.2, 0) is 0 Å². The quantitative estimate of drug-likeness (QED) is 0.519. The van der Waals surface area contributed by atoms with E-state index in [4.69, 9.17) is 0 Å². The van der Waals surface area contributed by atoms with Crippen LogP contribution in [0.15, 0.2) is 45.8 Å². The third-order valence-corrected chi connectivity index (χ3v) is 8.99. The van der Waals surface area contributed by atoms with Crippen LogP contribution in [0.3, 0.4) is 0 Å². The summed E-state index contributed by atoms with van der Waals surface area (Å²) in [5.74, 6) is 0. The minimum absolute atomic E-state index is 0.283. The molecule has 1 heteroatoms. The summed E-state index contributed by atoms with van der Waals surface area (Å²) in [4.78, 5) is 0. The van der Waals surface area contributed by atoms with Crippen molar-refractivity contribution in [3.63, 3.8) is 0 Å². The summed E-state index contributed by atoms with van der Waals surface area (Å²) in [6.07, 6.45) is 12.3. The first-order valence-electron chi connectivity index (χ1n) is 8.26. The monoisotopic (exact) mass is 300 g/mol. The second-order valence-corrected chi connectivity index (χ2v) is 13.7. The molecule has 0 N–H and O–H groups in total. The van der Waals surface area contributed by atoms with Crippen molar-refractivity contribution in [1.82, 2.24) is 0 Å². The molecule has 0 bridgehead atoms. The molecule has 0 saturated carbocycles. The second-order valence-electron chi connectivity index (χ2n) is 9.19. The van der Waals surface area contributed by atoms with Gasteiger partial charge in [0.1, 0.15) is 8.07 Å². The zero-order valence-electron chi connectivity index (χ0n) is 15.2. The van der Waals surface area contributed by atoms with Crippen LogP contribution in [0, 0.1) is 10.8 Å². The fourth-order valence-corrected chi connectivity index (χ4v) is 5.84. The van der Waals surface area contributed by atoms with E-state index in [-0.39, 0.29) is 10.8 Å². The van der Waals surface area contributed by atoms with E-state index in [9.17, 15) is 0 Å².